The second kappa shape index (κ2) is 5.78. The second-order valence-electron chi connectivity index (χ2n) is 3.02. The molecule has 0 aliphatic rings. The molecule has 0 spiro atoms. The minimum atomic E-state index is 0. The number of rotatable bonds is 4. The van der Waals surface area contributed by atoms with Gasteiger partial charge in [-0.05, 0) is 18.4 Å². The lowest BCUT2D eigenvalue weighted by molar-refractivity contribution is 0.660. The van der Waals surface area contributed by atoms with Crippen LogP contribution in [-0.2, 0) is 13.1 Å². The summed E-state index contributed by atoms with van der Waals surface area (Å²) in [6.07, 6.45) is 3.88. The lowest BCUT2D eigenvalue weighted by Gasteiger charge is -1.99. The van der Waals surface area contributed by atoms with Gasteiger partial charge < -0.3 is 5.32 Å². The zero-order valence-electron chi connectivity index (χ0n) is 8.51. The van der Waals surface area contributed by atoms with E-state index in [1.165, 1.54) is 4.88 Å². The van der Waals surface area contributed by atoms with Gasteiger partial charge in [0.15, 0.2) is 0 Å². The minimum absolute atomic E-state index is 0. The van der Waals surface area contributed by atoms with Crippen LogP contribution >= 0.6 is 23.7 Å². The van der Waals surface area contributed by atoms with Gasteiger partial charge >= 0.3 is 0 Å². The van der Waals surface area contributed by atoms with Crippen LogP contribution in [0, 0.1) is 0 Å². The molecule has 0 atom stereocenters. The molecule has 0 saturated carbocycles. The Labute approximate surface area is 99.5 Å². The van der Waals surface area contributed by atoms with Crippen LogP contribution in [0.5, 0.6) is 0 Å². The lowest BCUT2D eigenvalue weighted by Crippen LogP contribution is -1.96. The van der Waals surface area contributed by atoms with Gasteiger partial charge in [0.1, 0.15) is 0 Å². The number of aryl methyl sites for hydroxylation is 1. The summed E-state index contributed by atoms with van der Waals surface area (Å²) in [5, 5.41) is 9.61. The van der Waals surface area contributed by atoms with Crippen molar-refractivity contribution in [2.45, 2.75) is 20.0 Å². The van der Waals surface area contributed by atoms with Gasteiger partial charge in [-0.3, -0.25) is 4.68 Å². The summed E-state index contributed by atoms with van der Waals surface area (Å²) in [6.45, 7) is 3.88. The monoisotopic (exact) mass is 243 g/mol. The molecular weight excluding hydrogens is 230 g/mol. The normalized spacial score (nSPS) is 9.67. The van der Waals surface area contributed by atoms with Gasteiger partial charge in [0.2, 0.25) is 0 Å². The summed E-state index contributed by atoms with van der Waals surface area (Å²) < 4.78 is 1.91. The van der Waals surface area contributed by atoms with Crippen molar-refractivity contribution in [1.29, 1.82) is 0 Å². The number of thiophene rings is 1. The van der Waals surface area contributed by atoms with E-state index in [9.17, 15) is 0 Å². The van der Waals surface area contributed by atoms with Gasteiger partial charge in [0.25, 0.3) is 0 Å². The molecule has 0 unspecified atom stereocenters. The molecule has 0 amide bonds. The van der Waals surface area contributed by atoms with E-state index in [0.717, 1.165) is 18.8 Å². The quantitative estimate of drug-likeness (QED) is 0.895. The summed E-state index contributed by atoms with van der Waals surface area (Å²) in [5.41, 5.74) is 1.08. The standard InChI is InChI=1S/C10H13N3S.ClH/c1-2-13-8-9(6-12-13)11-7-10-4-3-5-14-10;/h3-6,8,11H,2,7H2,1H3;1H. The first-order valence-electron chi connectivity index (χ1n) is 4.67. The fourth-order valence-electron chi connectivity index (χ4n) is 1.23. The van der Waals surface area contributed by atoms with E-state index < -0.39 is 0 Å². The molecule has 0 radical (unpaired) electrons. The van der Waals surface area contributed by atoms with Crippen molar-refractivity contribution in [3.8, 4) is 0 Å². The molecule has 0 aromatic carbocycles. The van der Waals surface area contributed by atoms with Gasteiger partial charge in [-0.15, -0.1) is 23.7 Å². The van der Waals surface area contributed by atoms with Crippen molar-refractivity contribution in [3.05, 3.63) is 34.8 Å². The topological polar surface area (TPSA) is 29.9 Å². The molecule has 2 aromatic rings. The maximum Gasteiger partial charge on any atom is 0.0729 e. The Morgan fingerprint density at radius 3 is 3.00 bits per heavy atom. The Morgan fingerprint density at radius 2 is 2.40 bits per heavy atom. The van der Waals surface area contributed by atoms with Crippen molar-refractivity contribution < 1.29 is 0 Å². The van der Waals surface area contributed by atoms with Crippen LogP contribution < -0.4 is 5.32 Å². The molecule has 0 aliphatic carbocycles. The van der Waals surface area contributed by atoms with Gasteiger partial charge in [0.05, 0.1) is 11.9 Å². The summed E-state index contributed by atoms with van der Waals surface area (Å²) in [6, 6.07) is 4.19. The van der Waals surface area contributed by atoms with Gasteiger partial charge in [-0.25, -0.2) is 0 Å². The average Bonchev–Trinajstić information content (AvgIpc) is 2.86. The smallest absolute Gasteiger partial charge is 0.0729 e. The highest BCUT2D eigenvalue weighted by Gasteiger charge is 1.97. The van der Waals surface area contributed by atoms with Crippen molar-refractivity contribution >= 4 is 29.4 Å². The molecule has 3 nitrogen and oxygen atoms in total. The van der Waals surface area contributed by atoms with E-state index >= 15 is 0 Å². The Kier molecular flexibility index (Phi) is 4.65. The Hall–Kier alpha value is -1.00. The zero-order valence-corrected chi connectivity index (χ0v) is 10.1. The highest BCUT2D eigenvalue weighted by atomic mass is 35.5. The molecular formula is C10H14ClN3S. The minimum Gasteiger partial charge on any atom is -0.378 e. The molecule has 0 aliphatic heterocycles. The Balaban J connectivity index is 0.00000112. The summed E-state index contributed by atoms with van der Waals surface area (Å²) in [7, 11) is 0. The second-order valence-corrected chi connectivity index (χ2v) is 4.05. The third-order valence-electron chi connectivity index (χ3n) is 2.00. The molecule has 82 valence electrons. The Morgan fingerprint density at radius 1 is 1.53 bits per heavy atom. The SMILES string of the molecule is CCn1cc(NCc2cccs2)cn1.Cl. The number of halogens is 1. The summed E-state index contributed by atoms with van der Waals surface area (Å²) >= 11 is 1.77. The van der Waals surface area contributed by atoms with E-state index in [4.69, 9.17) is 0 Å². The van der Waals surface area contributed by atoms with Gasteiger partial charge in [-0.1, -0.05) is 6.07 Å². The first-order chi connectivity index (χ1) is 6.88. The molecule has 0 fully saturated rings. The van der Waals surface area contributed by atoms with Crippen LogP contribution in [0.4, 0.5) is 5.69 Å². The van der Waals surface area contributed by atoms with Crippen molar-refractivity contribution in [2.75, 3.05) is 5.32 Å². The van der Waals surface area contributed by atoms with Crippen molar-refractivity contribution in [1.82, 2.24) is 9.78 Å². The van der Waals surface area contributed by atoms with E-state index in [-0.39, 0.29) is 12.4 Å². The van der Waals surface area contributed by atoms with Crippen LogP contribution in [-0.4, -0.2) is 9.78 Å². The van der Waals surface area contributed by atoms with E-state index in [1.54, 1.807) is 11.3 Å². The van der Waals surface area contributed by atoms with Crippen molar-refractivity contribution in [3.63, 3.8) is 0 Å². The first kappa shape index (κ1) is 12.1. The number of nitrogens with zero attached hydrogens (tertiary/aromatic N) is 2. The summed E-state index contributed by atoms with van der Waals surface area (Å²) in [5.74, 6) is 0. The van der Waals surface area contributed by atoms with E-state index in [1.807, 2.05) is 17.1 Å². The number of nitrogens with one attached hydrogen (secondary N) is 1. The van der Waals surface area contributed by atoms with Crippen LogP contribution in [0.15, 0.2) is 29.9 Å². The molecule has 0 saturated heterocycles. The predicted molar refractivity (Wildman–Crippen MR) is 66.8 cm³/mol. The number of hydrogen-bond donors (Lipinski definition) is 1. The van der Waals surface area contributed by atoms with E-state index in [0.29, 0.717) is 0 Å². The first-order valence-corrected chi connectivity index (χ1v) is 5.55. The van der Waals surface area contributed by atoms with Crippen LogP contribution in [0.3, 0.4) is 0 Å². The van der Waals surface area contributed by atoms with Crippen LogP contribution in [0.1, 0.15) is 11.8 Å². The molecule has 1 N–H and O–H groups in total. The largest absolute Gasteiger partial charge is 0.378 e. The molecule has 2 heterocycles. The van der Waals surface area contributed by atoms with E-state index in [2.05, 4.69) is 34.9 Å². The number of hydrogen-bond acceptors (Lipinski definition) is 3. The lowest BCUT2D eigenvalue weighted by atomic mass is 10.4. The average molecular weight is 244 g/mol. The Bertz CT molecular complexity index is 383. The number of anilines is 1. The molecule has 5 heteroatoms. The fraction of sp³-hybridized carbons (Fsp3) is 0.300. The number of aromatic nitrogens is 2. The summed E-state index contributed by atoms with van der Waals surface area (Å²) in [4.78, 5) is 1.34. The highest BCUT2D eigenvalue weighted by molar-refractivity contribution is 7.09. The maximum atomic E-state index is 4.19. The third-order valence-corrected chi connectivity index (χ3v) is 2.88. The maximum absolute atomic E-state index is 4.19. The third kappa shape index (κ3) is 3.25. The molecule has 15 heavy (non-hydrogen) atoms. The zero-order chi connectivity index (χ0) is 9.80. The van der Waals surface area contributed by atoms with Crippen molar-refractivity contribution in [2.24, 2.45) is 0 Å². The van der Waals surface area contributed by atoms with Gasteiger partial charge in [-0.2, -0.15) is 5.10 Å². The molecule has 2 rings (SSSR count). The van der Waals surface area contributed by atoms with Crippen LogP contribution in [0.2, 0.25) is 0 Å². The predicted octanol–water partition coefficient (Wildman–Crippen LogP) is 3.00. The molecule has 2 aromatic heterocycles. The molecule has 0 bridgehead atoms. The van der Waals surface area contributed by atoms with Gasteiger partial charge in [0, 0.05) is 24.2 Å². The fourth-order valence-corrected chi connectivity index (χ4v) is 1.87. The van der Waals surface area contributed by atoms with Crippen LogP contribution in [0.25, 0.3) is 0 Å². The highest BCUT2D eigenvalue weighted by Crippen LogP contribution is 2.12.